The summed E-state index contributed by atoms with van der Waals surface area (Å²) in [5, 5.41) is 3.86. The SMILES string of the molecule is Cc1c(C)n(-c2ccc(F)cc2)c2ncnc(Nc3ccc(Br)cc3F)c12. The lowest BCUT2D eigenvalue weighted by Crippen LogP contribution is -2.00. The van der Waals surface area contributed by atoms with Crippen molar-refractivity contribution in [1.82, 2.24) is 14.5 Å². The van der Waals surface area contributed by atoms with Gasteiger partial charge in [0, 0.05) is 15.9 Å². The molecule has 1 N–H and O–H groups in total. The van der Waals surface area contributed by atoms with E-state index >= 15 is 0 Å². The molecule has 0 saturated carbocycles. The highest BCUT2D eigenvalue weighted by molar-refractivity contribution is 9.10. The van der Waals surface area contributed by atoms with Crippen molar-refractivity contribution in [3.8, 4) is 5.69 Å². The van der Waals surface area contributed by atoms with Crippen LogP contribution < -0.4 is 5.32 Å². The van der Waals surface area contributed by atoms with Crippen molar-refractivity contribution in [2.24, 2.45) is 0 Å². The zero-order valence-electron chi connectivity index (χ0n) is 14.6. The highest BCUT2D eigenvalue weighted by Gasteiger charge is 2.18. The van der Waals surface area contributed by atoms with Crippen LogP contribution in [0.25, 0.3) is 16.7 Å². The molecule has 4 aromatic rings. The molecule has 136 valence electrons. The van der Waals surface area contributed by atoms with Crippen LogP contribution in [0.1, 0.15) is 11.3 Å². The van der Waals surface area contributed by atoms with Gasteiger partial charge in [-0.15, -0.1) is 0 Å². The summed E-state index contributed by atoms with van der Waals surface area (Å²) in [6.45, 7) is 3.93. The van der Waals surface area contributed by atoms with Crippen LogP contribution in [0.5, 0.6) is 0 Å². The van der Waals surface area contributed by atoms with Crippen molar-refractivity contribution in [2.45, 2.75) is 13.8 Å². The van der Waals surface area contributed by atoms with Gasteiger partial charge < -0.3 is 5.32 Å². The molecule has 2 aromatic heterocycles. The minimum absolute atomic E-state index is 0.299. The Morgan fingerprint density at radius 1 is 1.00 bits per heavy atom. The molecule has 0 aliphatic heterocycles. The molecule has 0 fully saturated rings. The van der Waals surface area contributed by atoms with Gasteiger partial charge in [-0.25, -0.2) is 18.7 Å². The molecular formula is C20H15BrF2N4. The summed E-state index contributed by atoms with van der Waals surface area (Å²) in [5.74, 6) is -0.168. The number of rotatable bonds is 3. The molecular weight excluding hydrogens is 414 g/mol. The molecule has 0 saturated heterocycles. The fourth-order valence-electron chi connectivity index (χ4n) is 3.12. The Morgan fingerprint density at radius 3 is 2.44 bits per heavy atom. The lowest BCUT2D eigenvalue weighted by atomic mass is 10.2. The van der Waals surface area contributed by atoms with E-state index in [0.717, 1.165) is 22.3 Å². The Kier molecular flexibility index (Phi) is 4.39. The highest BCUT2D eigenvalue weighted by atomic mass is 79.9. The molecule has 4 nitrogen and oxygen atoms in total. The van der Waals surface area contributed by atoms with Crippen LogP contribution in [0.2, 0.25) is 0 Å². The minimum atomic E-state index is -0.386. The van der Waals surface area contributed by atoms with Crippen molar-refractivity contribution in [2.75, 3.05) is 5.32 Å². The highest BCUT2D eigenvalue weighted by Crippen LogP contribution is 2.33. The summed E-state index contributed by atoms with van der Waals surface area (Å²) >= 11 is 3.25. The maximum atomic E-state index is 14.2. The molecule has 2 heterocycles. The van der Waals surface area contributed by atoms with Gasteiger partial charge in [0.1, 0.15) is 23.8 Å². The van der Waals surface area contributed by atoms with Gasteiger partial charge >= 0.3 is 0 Å². The van der Waals surface area contributed by atoms with Crippen molar-refractivity contribution in [3.05, 3.63) is 76.2 Å². The smallest absolute Gasteiger partial charge is 0.150 e. The fraction of sp³-hybridized carbons (Fsp3) is 0.100. The van der Waals surface area contributed by atoms with Crippen molar-refractivity contribution >= 4 is 38.5 Å². The first-order valence-corrected chi connectivity index (χ1v) is 9.05. The van der Waals surface area contributed by atoms with Gasteiger partial charge in [0.05, 0.1) is 11.1 Å². The zero-order valence-corrected chi connectivity index (χ0v) is 16.2. The predicted molar refractivity (Wildman–Crippen MR) is 106 cm³/mol. The lowest BCUT2D eigenvalue weighted by Gasteiger charge is -2.10. The molecule has 4 rings (SSSR count). The Morgan fingerprint density at radius 2 is 1.74 bits per heavy atom. The van der Waals surface area contributed by atoms with E-state index in [4.69, 9.17) is 0 Å². The zero-order chi connectivity index (χ0) is 19.1. The molecule has 0 atom stereocenters. The molecule has 0 aliphatic carbocycles. The van der Waals surface area contributed by atoms with Crippen LogP contribution >= 0.6 is 15.9 Å². The number of aromatic nitrogens is 3. The first kappa shape index (κ1) is 17.6. The van der Waals surface area contributed by atoms with Gasteiger partial charge in [-0.05, 0) is 61.9 Å². The van der Waals surface area contributed by atoms with E-state index in [-0.39, 0.29) is 11.6 Å². The van der Waals surface area contributed by atoms with E-state index < -0.39 is 0 Å². The maximum Gasteiger partial charge on any atom is 0.150 e. The van der Waals surface area contributed by atoms with E-state index in [1.807, 2.05) is 18.4 Å². The molecule has 0 radical (unpaired) electrons. The number of aryl methyl sites for hydroxylation is 1. The van der Waals surface area contributed by atoms with E-state index in [0.29, 0.717) is 21.6 Å². The maximum absolute atomic E-state index is 14.2. The summed E-state index contributed by atoms with van der Waals surface area (Å²) in [7, 11) is 0. The van der Waals surface area contributed by atoms with Crippen LogP contribution in [-0.2, 0) is 0 Å². The van der Waals surface area contributed by atoms with E-state index in [1.54, 1.807) is 24.3 Å². The Labute approximate surface area is 163 Å². The molecule has 0 bridgehead atoms. The summed E-state index contributed by atoms with van der Waals surface area (Å²) < 4.78 is 30.2. The average Bonchev–Trinajstić information content (AvgIpc) is 2.90. The molecule has 27 heavy (non-hydrogen) atoms. The normalized spacial score (nSPS) is 11.1. The summed E-state index contributed by atoms with van der Waals surface area (Å²) in [6, 6.07) is 11.0. The Bertz CT molecular complexity index is 1150. The summed E-state index contributed by atoms with van der Waals surface area (Å²) in [6.07, 6.45) is 1.43. The van der Waals surface area contributed by atoms with Crippen molar-refractivity contribution < 1.29 is 8.78 Å². The van der Waals surface area contributed by atoms with Crippen molar-refractivity contribution in [3.63, 3.8) is 0 Å². The third-order valence-corrected chi connectivity index (χ3v) is 5.05. The number of anilines is 2. The molecule has 0 unspecified atom stereocenters. The fourth-order valence-corrected chi connectivity index (χ4v) is 3.45. The molecule has 0 aliphatic rings. The van der Waals surface area contributed by atoms with Gasteiger partial charge in [0.25, 0.3) is 0 Å². The Balaban J connectivity index is 1.89. The minimum Gasteiger partial charge on any atom is -0.337 e. The number of fused-ring (bicyclic) bond motifs is 1. The number of nitrogens with zero attached hydrogens (tertiary/aromatic N) is 3. The third kappa shape index (κ3) is 3.08. The number of halogens is 3. The second-order valence-corrected chi connectivity index (χ2v) is 7.11. The van der Waals surface area contributed by atoms with E-state index in [2.05, 4.69) is 31.2 Å². The number of hydrogen-bond acceptors (Lipinski definition) is 3. The van der Waals surface area contributed by atoms with Gasteiger partial charge in [-0.3, -0.25) is 4.57 Å². The summed E-state index contributed by atoms with van der Waals surface area (Å²) in [5.41, 5.74) is 3.72. The van der Waals surface area contributed by atoms with Crippen LogP contribution in [0, 0.1) is 25.5 Å². The first-order valence-electron chi connectivity index (χ1n) is 8.26. The monoisotopic (exact) mass is 428 g/mol. The first-order chi connectivity index (χ1) is 13.0. The Hall–Kier alpha value is -2.80. The molecule has 0 spiro atoms. The topological polar surface area (TPSA) is 42.7 Å². The van der Waals surface area contributed by atoms with Crippen LogP contribution in [0.3, 0.4) is 0 Å². The van der Waals surface area contributed by atoms with Gasteiger partial charge in [0.15, 0.2) is 5.65 Å². The number of benzene rings is 2. The van der Waals surface area contributed by atoms with Crippen LogP contribution in [0.15, 0.2) is 53.3 Å². The molecule has 2 aromatic carbocycles. The standard InChI is InChI=1S/C20H15BrF2N4/c1-11-12(2)27(15-6-4-14(22)5-7-15)20-18(11)19(24-10-25-20)26-17-8-3-13(21)9-16(17)23/h3-10H,1-2H3,(H,24,25,26). The second-order valence-electron chi connectivity index (χ2n) is 6.19. The van der Waals surface area contributed by atoms with Crippen LogP contribution in [-0.4, -0.2) is 14.5 Å². The van der Waals surface area contributed by atoms with E-state index in [9.17, 15) is 8.78 Å². The van der Waals surface area contributed by atoms with E-state index in [1.165, 1.54) is 24.5 Å². The number of hydrogen-bond donors (Lipinski definition) is 1. The predicted octanol–water partition coefficient (Wildman–Crippen LogP) is 5.82. The lowest BCUT2D eigenvalue weighted by molar-refractivity contribution is 0.627. The van der Waals surface area contributed by atoms with Crippen LogP contribution in [0.4, 0.5) is 20.3 Å². The quantitative estimate of drug-likeness (QED) is 0.446. The average molecular weight is 429 g/mol. The third-order valence-electron chi connectivity index (χ3n) is 4.56. The second kappa shape index (κ2) is 6.74. The summed E-state index contributed by atoms with van der Waals surface area (Å²) in [4.78, 5) is 8.73. The van der Waals surface area contributed by atoms with Crippen molar-refractivity contribution in [1.29, 1.82) is 0 Å². The molecule has 7 heteroatoms. The number of nitrogens with one attached hydrogen (secondary N) is 1. The largest absolute Gasteiger partial charge is 0.337 e. The van der Waals surface area contributed by atoms with Gasteiger partial charge in [-0.1, -0.05) is 15.9 Å². The van der Waals surface area contributed by atoms with Gasteiger partial charge in [0.2, 0.25) is 0 Å². The molecule has 0 amide bonds. The van der Waals surface area contributed by atoms with Gasteiger partial charge in [-0.2, -0.15) is 0 Å².